The van der Waals surface area contributed by atoms with Crippen LogP contribution in [0, 0.1) is 0 Å². The minimum atomic E-state index is 0.747. The zero-order valence-electron chi connectivity index (χ0n) is 9.70. The molecule has 0 saturated carbocycles. The van der Waals surface area contributed by atoms with E-state index in [-0.39, 0.29) is 0 Å². The number of aromatic nitrogens is 2. The maximum absolute atomic E-state index is 4.23. The van der Waals surface area contributed by atoms with Gasteiger partial charge in [0.1, 0.15) is 22.4 Å². The van der Waals surface area contributed by atoms with Crippen molar-refractivity contribution in [2.45, 2.75) is 13.5 Å². The number of thiophene rings is 1. The average Bonchev–Trinajstić information content (AvgIpc) is 2.77. The molecule has 2 N–H and O–H groups in total. The van der Waals surface area contributed by atoms with Crippen molar-refractivity contribution in [1.29, 1.82) is 0 Å². The first-order chi connectivity index (χ1) is 8.70. The average molecular weight is 392 g/mol. The van der Waals surface area contributed by atoms with Gasteiger partial charge in [0.15, 0.2) is 0 Å². The number of hydrogen-bond donors (Lipinski definition) is 2. The Labute approximate surface area is 126 Å². The van der Waals surface area contributed by atoms with Crippen LogP contribution in [0.25, 0.3) is 0 Å². The summed E-state index contributed by atoms with van der Waals surface area (Å²) in [6.07, 6.45) is 1.55. The standard InChI is InChI=1S/C11H12Br2N4S/c1-2-14-10-9(13)11(17-6-16-10)15-4-8-3-7(12)5-18-8/h3,5-6H,2,4H2,1H3,(H2,14,15,16,17). The van der Waals surface area contributed by atoms with E-state index in [0.717, 1.165) is 33.7 Å². The summed E-state index contributed by atoms with van der Waals surface area (Å²) in [6, 6.07) is 2.10. The van der Waals surface area contributed by atoms with Crippen molar-refractivity contribution in [2.24, 2.45) is 0 Å². The van der Waals surface area contributed by atoms with Crippen LogP contribution < -0.4 is 10.6 Å². The second-order valence-corrected chi connectivity index (χ2v) is 6.20. The molecular weight excluding hydrogens is 380 g/mol. The van der Waals surface area contributed by atoms with Crippen LogP contribution in [-0.4, -0.2) is 16.5 Å². The van der Waals surface area contributed by atoms with Crippen LogP contribution in [0.4, 0.5) is 11.6 Å². The van der Waals surface area contributed by atoms with Crippen LogP contribution in [0.2, 0.25) is 0 Å². The maximum Gasteiger partial charge on any atom is 0.146 e. The van der Waals surface area contributed by atoms with Crippen molar-refractivity contribution in [3.8, 4) is 0 Å². The Kier molecular flexibility index (Phi) is 4.96. The third-order valence-electron chi connectivity index (χ3n) is 2.19. The minimum Gasteiger partial charge on any atom is -0.369 e. The van der Waals surface area contributed by atoms with Gasteiger partial charge in [0, 0.05) is 21.3 Å². The number of anilines is 2. The molecule has 0 aliphatic heterocycles. The number of rotatable bonds is 5. The molecule has 0 saturated heterocycles. The van der Waals surface area contributed by atoms with E-state index in [1.807, 2.05) is 6.92 Å². The third kappa shape index (κ3) is 3.43. The molecule has 0 unspecified atom stereocenters. The zero-order chi connectivity index (χ0) is 13.0. The first-order valence-electron chi connectivity index (χ1n) is 5.42. The van der Waals surface area contributed by atoms with Gasteiger partial charge in [-0.2, -0.15) is 0 Å². The monoisotopic (exact) mass is 390 g/mol. The molecule has 0 aliphatic rings. The second-order valence-electron chi connectivity index (χ2n) is 3.50. The fraction of sp³-hybridized carbons (Fsp3) is 0.273. The Morgan fingerprint density at radius 3 is 2.56 bits per heavy atom. The SMILES string of the molecule is CCNc1ncnc(NCc2cc(Br)cs2)c1Br. The summed E-state index contributed by atoms with van der Waals surface area (Å²) < 4.78 is 1.97. The van der Waals surface area contributed by atoms with Crippen molar-refractivity contribution in [1.82, 2.24) is 9.97 Å². The van der Waals surface area contributed by atoms with E-state index >= 15 is 0 Å². The van der Waals surface area contributed by atoms with Gasteiger partial charge in [0.2, 0.25) is 0 Å². The molecule has 0 aromatic carbocycles. The Bertz CT molecular complexity index is 530. The van der Waals surface area contributed by atoms with Crippen molar-refractivity contribution in [2.75, 3.05) is 17.2 Å². The van der Waals surface area contributed by atoms with Crippen LogP contribution in [-0.2, 0) is 6.54 Å². The first-order valence-corrected chi connectivity index (χ1v) is 7.88. The Balaban J connectivity index is 2.07. The zero-order valence-corrected chi connectivity index (χ0v) is 13.7. The molecule has 0 amide bonds. The first kappa shape index (κ1) is 13.8. The fourth-order valence-corrected chi connectivity index (χ4v) is 3.28. The molecule has 96 valence electrons. The van der Waals surface area contributed by atoms with E-state index in [1.165, 1.54) is 4.88 Å². The molecule has 7 heteroatoms. The summed E-state index contributed by atoms with van der Waals surface area (Å²) >= 11 is 8.65. The highest BCUT2D eigenvalue weighted by Gasteiger charge is 2.07. The number of nitrogens with zero attached hydrogens (tertiary/aromatic N) is 2. The lowest BCUT2D eigenvalue weighted by molar-refractivity contribution is 1.07. The van der Waals surface area contributed by atoms with E-state index in [0.29, 0.717) is 0 Å². The number of hydrogen-bond acceptors (Lipinski definition) is 5. The van der Waals surface area contributed by atoms with Crippen molar-refractivity contribution in [3.05, 3.63) is 31.6 Å². The van der Waals surface area contributed by atoms with Gasteiger partial charge < -0.3 is 10.6 Å². The van der Waals surface area contributed by atoms with Crippen molar-refractivity contribution >= 4 is 54.8 Å². The number of nitrogens with one attached hydrogen (secondary N) is 2. The molecule has 0 spiro atoms. The normalized spacial score (nSPS) is 10.4. The Morgan fingerprint density at radius 1 is 1.22 bits per heavy atom. The lowest BCUT2D eigenvalue weighted by Gasteiger charge is -2.09. The van der Waals surface area contributed by atoms with Crippen molar-refractivity contribution < 1.29 is 0 Å². The van der Waals surface area contributed by atoms with Crippen LogP contribution in [0.1, 0.15) is 11.8 Å². The molecule has 0 radical (unpaired) electrons. The predicted octanol–water partition coefficient (Wildman–Crippen LogP) is 4.11. The molecule has 2 aromatic heterocycles. The Hall–Kier alpha value is -0.660. The van der Waals surface area contributed by atoms with Gasteiger partial charge in [-0.25, -0.2) is 9.97 Å². The van der Waals surface area contributed by atoms with Gasteiger partial charge in [-0.15, -0.1) is 11.3 Å². The fourth-order valence-electron chi connectivity index (χ4n) is 1.40. The van der Waals surface area contributed by atoms with Gasteiger partial charge in [-0.1, -0.05) is 0 Å². The van der Waals surface area contributed by atoms with Crippen LogP contribution in [0.15, 0.2) is 26.7 Å². The van der Waals surface area contributed by atoms with Gasteiger partial charge in [0.05, 0.1) is 6.54 Å². The molecule has 2 heterocycles. The van der Waals surface area contributed by atoms with E-state index < -0.39 is 0 Å². The van der Waals surface area contributed by atoms with Crippen molar-refractivity contribution in [3.63, 3.8) is 0 Å². The summed E-state index contributed by atoms with van der Waals surface area (Å²) in [5.41, 5.74) is 0. The molecule has 0 atom stereocenters. The van der Waals surface area contributed by atoms with Gasteiger partial charge >= 0.3 is 0 Å². The van der Waals surface area contributed by atoms with Crippen LogP contribution in [0.5, 0.6) is 0 Å². The molecule has 2 aromatic rings. The van der Waals surface area contributed by atoms with E-state index in [1.54, 1.807) is 17.7 Å². The molecule has 0 bridgehead atoms. The summed E-state index contributed by atoms with van der Waals surface area (Å²) in [4.78, 5) is 9.65. The second kappa shape index (κ2) is 6.49. The molecule has 0 fully saturated rings. The minimum absolute atomic E-state index is 0.747. The smallest absolute Gasteiger partial charge is 0.146 e. The summed E-state index contributed by atoms with van der Waals surface area (Å²) in [6.45, 7) is 3.61. The Morgan fingerprint density at radius 2 is 1.94 bits per heavy atom. The summed E-state index contributed by atoms with van der Waals surface area (Å²) in [5.74, 6) is 1.60. The van der Waals surface area contributed by atoms with Gasteiger partial charge in [0.25, 0.3) is 0 Å². The highest BCUT2D eigenvalue weighted by molar-refractivity contribution is 9.11. The van der Waals surface area contributed by atoms with Crippen LogP contribution in [0.3, 0.4) is 0 Å². The lowest BCUT2D eigenvalue weighted by atomic mass is 10.4. The molecular formula is C11H12Br2N4S. The number of halogens is 2. The molecule has 0 aliphatic carbocycles. The van der Waals surface area contributed by atoms with Gasteiger partial charge in [-0.05, 0) is 44.8 Å². The molecule has 4 nitrogen and oxygen atoms in total. The van der Waals surface area contributed by atoms with Crippen LogP contribution >= 0.6 is 43.2 Å². The quantitative estimate of drug-likeness (QED) is 0.805. The largest absolute Gasteiger partial charge is 0.369 e. The highest BCUT2D eigenvalue weighted by Crippen LogP contribution is 2.27. The lowest BCUT2D eigenvalue weighted by Crippen LogP contribution is -2.05. The van der Waals surface area contributed by atoms with E-state index in [2.05, 4.69) is 63.9 Å². The van der Waals surface area contributed by atoms with Gasteiger partial charge in [-0.3, -0.25) is 0 Å². The third-order valence-corrected chi connectivity index (χ3v) is 4.63. The molecule has 2 rings (SSSR count). The topological polar surface area (TPSA) is 49.8 Å². The maximum atomic E-state index is 4.23. The van der Waals surface area contributed by atoms with E-state index in [4.69, 9.17) is 0 Å². The summed E-state index contributed by atoms with van der Waals surface area (Å²) in [7, 11) is 0. The van der Waals surface area contributed by atoms with E-state index in [9.17, 15) is 0 Å². The molecule has 18 heavy (non-hydrogen) atoms. The summed E-state index contributed by atoms with van der Waals surface area (Å²) in [5, 5.41) is 8.53. The predicted molar refractivity (Wildman–Crippen MR) is 83.2 cm³/mol. The highest BCUT2D eigenvalue weighted by atomic mass is 79.9.